The Morgan fingerprint density at radius 1 is 1.04 bits per heavy atom. The number of ether oxygens (including phenoxy) is 1. The highest BCUT2D eigenvalue weighted by atomic mass is 16.5. The molecular weight excluding hydrogens is 328 g/mol. The number of hydrogen-bond donors (Lipinski definition) is 2. The van der Waals surface area contributed by atoms with Crippen LogP contribution in [0.15, 0.2) is 58.5 Å². The highest BCUT2D eigenvalue weighted by Crippen LogP contribution is 2.32. The number of fused-ring (bicyclic) bond motifs is 1. The van der Waals surface area contributed by atoms with Crippen LogP contribution in [-0.2, 0) is 0 Å². The van der Waals surface area contributed by atoms with E-state index in [-0.39, 0.29) is 5.96 Å². The second-order valence-electron chi connectivity index (χ2n) is 5.55. The maximum atomic E-state index is 5.87. The summed E-state index contributed by atoms with van der Waals surface area (Å²) in [7, 11) is 0. The Morgan fingerprint density at radius 2 is 1.81 bits per heavy atom. The quantitative estimate of drug-likeness (QED) is 0.556. The van der Waals surface area contributed by atoms with E-state index in [1.807, 2.05) is 55.5 Å². The molecule has 3 rings (SSSR count). The number of nitrogens with zero attached hydrogens (tertiary/aromatic N) is 4. The summed E-state index contributed by atoms with van der Waals surface area (Å²) >= 11 is 0. The van der Waals surface area contributed by atoms with Crippen molar-refractivity contribution in [3.8, 4) is 17.1 Å². The van der Waals surface area contributed by atoms with Gasteiger partial charge in [0.1, 0.15) is 11.3 Å². The average molecular weight is 348 g/mol. The molecule has 0 amide bonds. The number of hydrogen-bond acceptors (Lipinski definition) is 4. The molecule has 26 heavy (non-hydrogen) atoms. The van der Waals surface area contributed by atoms with Gasteiger partial charge in [-0.2, -0.15) is 4.99 Å². The van der Waals surface area contributed by atoms with Crippen LogP contribution in [0.1, 0.15) is 13.8 Å². The van der Waals surface area contributed by atoms with Crippen LogP contribution in [-0.4, -0.2) is 28.4 Å². The summed E-state index contributed by atoms with van der Waals surface area (Å²) in [5.41, 5.74) is 13.0. The molecule has 7 nitrogen and oxygen atoms in total. The van der Waals surface area contributed by atoms with E-state index in [0.29, 0.717) is 35.4 Å². The van der Waals surface area contributed by atoms with Crippen molar-refractivity contribution in [3.63, 3.8) is 0 Å². The van der Waals surface area contributed by atoms with Gasteiger partial charge in [0.2, 0.25) is 5.96 Å². The number of aliphatic imine (C=N–C) groups is 2. The Morgan fingerprint density at radius 3 is 2.50 bits per heavy atom. The third-order valence-electron chi connectivity index (χ3n) is 3.51. The number of rotatable bonds is 4. The van der Waals surface area contributed by atoms with E-state index in [1.165, 1.54) is 0 Å². The van der Waals surface area contributed by atoms with Gasteiger partial charge in [-0.15, -0.1) is 0 Å². The number of amidine groups is 1. The molecule has 0 aliphatic rings. The number of nitrogens with two attached hydrogens (primary N) is 2. The first-order valence-corrected chi connectivity index (χ1v) is 8.22. The Balaban J connectivity index is 2.27. The van der Waals surface area contributed by atoms with Crippen molar-refractivity contribution in [3.05, 3.63) is 48.5 Å². The molecule has 0 aliphatic heterocycles. The van der Waals surface area contributed by atoms with E-state index in [4.69, 9.17) is 16.2 Å². The molecule has 0 fully saturated rings. The Bertz CT molecular complexity index is 978. The molecule has 1 aromatic heterocycles. The lowest BCUT2D eigenvalue weighted by molar-refractivity contribution is 0.343. The Hall–Kier alpha value is -3.48. The molecule has 0 radical (unpaired) electrons. The summed E-state index contributed by atoms with van der Waals surface area (Å²) in [5.74, 6) is 1.97. The maximum absolute atomic E-state index is 5.87. The van der Waals surface area contributed by atoms with Crippen LogP contribution in [0.5, 0.6) is 5.75 Å². The highest BCUT2D eigenvalue weighted by molar-refractivity contribution is 5.98. The van der Waals surface area contributed by atoms with Crippen molar-refractivity contribution < 1.29 is 4.74 Å². The van der Waals surface area contributed by atoms with Gasteiger partial charge in [-0.25, -0.2) is 15.0 Å². The second kappa shape index (κ2) is 7.60. The first-order chi connectivity index (χ1) is 12.6. The largest absolute Gasteiger partial charge is 0.492 e. The minimum Gasteiger partial charge on any atom is -0.492 e. The van der Waals surface area contributed by atoms with E-state index >= 15 is 0 Å². The van der Waals surface area contributed by atoms with E-state index in [9.17, 15) is 0 Å². The van der Waals surface area contributed by atoms with Crippen LogP contribution < -0.4 is 16.2 Å². The van der Waals surface area contributed by atoms with Crippen LogP contribution >= 0.6 is 0 Å². The van der Waals surface area contributed by atoms with Crippen LogP contribution in [0.2, 0.25) is 0 Å². The summed E-state index contributed by atoms with van der Waals surface area (Å²) in [5, 5.41) is 0.725. The van der Waals surface area contributed by atoms with Crippen LogP contribution in [0.3, 0.4) is 0 Å². The van der Waals surface area contributed by atoms with Gasteiger partial charge in [0.05, 0.1) is 12.4 Å². The highest BCUT2D eigenvalue weighted by Gasteiger charge is 2.13. The Labute approximate surface area is 151 Å². The van der Waals surface area contributed by atoms with Gasteiger partial charge in [0.15, 0.2) is 11.6 Å². The molecule has 3 aromatic rings. The Kier molecular flexibility index (Phi) is 5.07. The lowest BCUT2D eigenvalue weighted by atomic mass is 10.1. The van der Waals surface area contributed by atoms with Gasteiger partial charge in [0.25, 0.3) is 0 Å². The fraction of sp³-hybridized carbons (Fsp3) is 0.158. The average Bonchev–Trinajstić information content (AvgIpc) is 2.62. The normalized spacial score (nSPS) is 12.4. The van der Waals surface area contributed by atoms with Gasteiger partial charge in [0, 0.05) is 10.9 Å². The zero-order valence-corrected chi connectivity index (χ0v) is 14.7. The zero-order valence-electron chi connectivity index (χ0n) is 14.7. The summed E-state index contributed by atoms with van der Waals surface area (Å²) < 4.78 is 5.72. The standard InChI is InChI=1S/C19H20N6O/c1-3-26-15-11-7-10-14-16(15)23-17(13-8-5-4-6-9-13)24-18(14)25-19(21)22-12(2)20/h4-11H,3H2,1-2H3,(H4,20,21,22,23,24,25). The third-order valence-corrected chi connectivity index (χ3v) is 3.51. The minimum atomic E-state index is 0.0332. The fourth-order valence-electron chi connectivity index (χ4n) is 2.50. The summed E-state index contributed by atoms with van der Waals surface area (Å²) in [6.07, 6.45) is 0. The lowest BCUT2D eigenvalue weighted by Gasteiger charge is -2.10. The molecule has 2 aromatic carbocycles. The minimum absolute atomic E-state index is 0.0332. The van der Waals surface area contributed by atoms with Crippen LogP contribution in [0.4, 0.5) is 5.82 Å². The third kappa shape index (κ3) is 3.77. The van der Waals surface area contributed by atoms with E-state index < -0.39 is 0 Å². The molecule has 0 saturated carbocycles. The van der Waals surface area contributed by atoms with E-state index in [2.05, 4.69) is 20.0 Å². The molecule has 0 saturated heterocycles. The molecular formula is C19H20N6O. The molecule has 4 N–H and O–H groups in total. The van der Waals surface area contributed by atoms with E-state index in [1.54, 1.807) is 6.92 Å². The van der Waals surface area contributed by atoms with Gasteiger partial charge >= 0.3 is 0 Å². The first kappa shape index (κ1) is 17.3. The predicted octanol–water partition coefficient (Wildman–Crippen LogP) is 3.02. The van der Waals surface area contributed by atoms with Gasteiger partial charge in [-0.05, 0) is 26.0 Å². The predicted molar refractivity (Wildman–Crippen MR) is 105 cm³/mol. The summed E-state index contributed by atoms with van der Waals surface area (Å²) in [6.45, 7) is 4.10. The van der Waals surface area contributed by atoms with Crippen molar-refractivity contribution in [2.45, 2.75) is 13.8 Å². The van der Waals surface area contributed by atoms with Crippen molar-refractivity contribution in [1.29, 1.82) is 0 Å². The first-order valence-electron chi connectivity index (χ1n) is 8.22. The summed E-state index contributed by atoms with van der Waals surface area (Å²) in [4.78, 5) is 17.6. The molecule has 0 atom stereocenters. The summed E-state index contributed by atoms with van der Waals surface area (Å²) in [6, 6.07) is 15.3. The van der Waals surface area contributed by atoms with Crippen LogP contribution in [0.25, 0.3) is 22.3 Å². The van der Waals surface area contributed by atoms with Crippen molar-refractivity contribution in [2.75, 3.05) is 6.61 Å². The molecule has 1 heterocycles. The second-order valence-corrected chi connectivity index (χ2v) is 5.55. The topological polar surface area (TPSA) is 112 Å². The number of aromatic nitrogens is 2. The monoisotopic (exact) mass is 348 g/mol. The van der Waals surface area contributed by atoms with Crippen LogP contribution in [0, 0.1) is 0 Å². The zero-order chi connectivity index (χ0) is 18.5. The molecule has 0 aliphatic carbocycles. The van der Waals surface area contributed by atoms with Crippen molar-refractivity contribution in [2.24, 2.45) is 21.5 Å². The molecule has 0 spiro atoms. The van der Waals surface area contributed by atoms with Crippen molar-refractivity contribution in [1.82, 2.24) is 9.97 Å². The number of guanidine groups is 1. The van der Waals surface area contributed by atoms with Crippen molar-refractivity contribution >= 4 is 28.5 Å². The number of benzene rings is 2. The molecule has 0 unspecified atom stereocenters. The molecule has 0 bridgehead atoms. The fourth-order valence-corrected chi connectivity index (χ4v) is 2.50. The molecule has 7 heteroatoms. The number of para-hydroxylation sites is 1. The van der Waals surface area contributed by atoms with Gasteiger partial charge in [-0.3, -0.25) is 0 Å². The smallest absolute Gasteiger partial charge is 0.223 e. The SMILES string of the molecule is CCOc1cccc2c(N=C(N)/N=C(/C)N)nc(-c3ccccc3)nc12. The maximum Gasteiger partial charge on any atom is 0.223 e. The van der Waals surface area contributed by atoms with Gasteiger partial charge in [-0.1, -0.05) is 36.4 Å². The van der Waals surface area contributed by atoms with E-state index in [0.717, 1.165) is 10.9 Å². The van der Waals surface area contributed by atoms with Gasteiger partial charge < -0.3 is 16.2 Å². The lowest BCUT2D eigenvalue weighted by Crippen LogP contribution is -2.15. The molecule has 132 valence electrons.